The summed E-state index contributed by atoms with van der Waals surface area (Å²) < 4.78 is 4.81. The van der Waals surface area contributed by atoms with Crippen LogP contribution in [0.25, 0.3) is 0 Å². The summed E-state index contributed by atoms with van der Waals surface area (Å²) in [5, 5.41) is 14.1. The molecule has 0 saturated heterocycles. The van der Waals surface area contributed by atoms with E-state index in [0.717, 1.165) is 0 Å². The van der Waals surface area contributed by atoms with Crippen molar-refractivity contribution >= 4 is 11.9 Å². The number of hydrogen-bond acceptors (Lipinski definition) is 4. The van der Waals surface area contributed by atoms with Gasteiger partial charge < -0.3 is 20.5 Å². The number of amides is 1. The molecule has 94 valence electrons. The summed E-state index contributed by atoms with van der Waals surface area (Å²) in [6.07, 6.45) is 0.566. The molecule has 0 saturated carbocycles. The zero-order valence-corrected chi connectivity index (χ0v) is 9.78. The van der Waals surface area contributed by atoms with Crippen LogP contribution in [-0.2, 0) is 14.3 Å². The largest absolute Gasteiger partial charge is 0.481 e. The number of methoxy groups -OCH3 is 1. The van der Waals surface area contributed by atoms with Crippen molar-refractivity contribution in [1.82, 2.24) is 10.6 Å². The van der Waals surface area contributed by atoms with Crippen molar-refractivity contribution in [3.63, 3.8) is 0 Å². The predicted octanol–water partition coefficient (Wildman–Crippen LogP) is -0.408. The Morgan fingerprint density at radius 1 is 1.44 bits per heavy atom. The number of carbonyl (C=O) groups is 2. The lowest BCUT2D eigenvalue weighted by molar-refractivity contribution is -0.137. The Morgan fingerprint density at radius 2 is 2.12 bits per heavy atom. The first kappa shape index (κ1) is 14.9. The molecule has 0 aromatic rings. The smallest absolute Gasteiger partial charge is 0.305 e. The first-order valence-electron chi connectivity index (χ1n) is 5.31. The topological polar surface area (TPSA) is 87.7 Å². The maximum absolute atomic E-state index is 11.3. The van der Waals surface area contributed by atoms with Gasteiger partial charge in [-0.15, -0.1) is 0 Å². The van der Waals surface area contributed by atoms with Crippen LogP contribution in [0.15, 0.2) is 0 Å². The molecule has 0 aliphatic carbocycles. The van der Waals surface area contributed by atoms with Gasteiger partial charge in [-0.3, -0.25) is 9.59 Å². The quantitative estimate of drug-likeness (QED) is 0.470. The summed E-state index contributed by atoms with van der Waals surface area (Å²) in [4.78, 5) is 21.8. The molecule has 0 rings (SSSR count). The second kappa shape index (κ2) is 9.11. The van der Waals surface area contributed by atoms with E-state index in [9.17, 15) is 9.59 Å². The Labute approximate surface area is 95.4 Å². The van der Waals surface area contributed by atoms with Crippen molar-refractivity contribution < 1.29 is 19.4 Å². The molecule has 1 atom stereocenters. The number of hydrogen-bond donors (Lipinski definition) is 3. The zero-order chi connectivity index (χ0) is 12.4. The molecule has 1 unspecified atom stereocenters. The van der Waals surface area contributed by atoms with Crippen molar-refractivity contribution in [2.24, 2.45) is 0 Å². The molecule has 0 aromatic heterocycles. The molecule has 0 aliphatic heterocycles. The van der Waals surface area contributed by atoms with E-state index >= 15 is 0 Å². The van der Waals surface area contributed by atoms with Gasteiger partial charge in [0, 0.05) is 19.7 Å². The average molecular weight is 232 g/mol. The predicted molar refractivity (Wildman–Crippen MR) is 59.2 cm³/mol. The summed E-state index contributed by atoms with van der Waals surface area (Å²) in [5.74, 6) is -1.09. The highest BCUT2D eigenvalue weighted by atomic mass is 16.5. The highest BCUT2D eigenvalue weighted by Crippen LogP contribution is 1.96. The Kier molecular flexibility index (Phi) is 8.46. The molecule has 3 N–H and O–H groups in total. The SMILES string of the molecule is CCC(CC(=O)O)NC(=O)CNCCOC. The van der Waals surface area contributed by atoms with Gasteiger partial charge in [-0.1, -0.05) is 6.92 Å². The monoisotopic (exact) mass is 232 g/mol. The Bertz CT molecular complexity index is 221. The van der Waals surface area contributed by atoms with Gasteiger partial charge in [0.25, 0.3) is 0 Å². The number of carboxylic acid groups (broad SMARTS) is 1. The molecule has 0 aromatic carbocycles. The summed E-state index contributed by atoms with van der Waals surface area (Å²) in [5.41, 5.74) is 0. The molecule has 0 radical (unpaired) electrons. The number of carboxylic acids is 1. The van der Waals surface area contributed by atoms with E-state index in [0.29, 0.717) is 19.6 Å². The van der Waals surface area contributed by atoms with Crippen LogP contribution in [0.4, 0.5) is 0 Å². The maximum Gasteiger partial charge on any atom is 0.305 e. The fraction of sp³-hybridized carbons (Fsp3) is 0.800. The molecule has 16 heavy (non-hydrogen) atoms. The number of nitrogens with one attached hydrogen (secondary N) is 2. The van der Waals surface area contributed by atoms with Gasteiger partial charge in [0.05, 0.1) is 19.6 Å². The van der Waals surface area contributed by atoms with Crippen molar-refractivity contribution in [3.8, 4) is 0 Å². The normalized spacial score (nSPS) is 12.1. The first-order valence-corrected chi connectivity index (χ1v) is 5.31. The van der Waals surface area contributed by atoms with Gasteiger partial charge in [0.15, 0.2) is 0 Å². The van der Waals surface area contributed by atoms with Crippen LogP contribution in [-0.4, -0.2) is 49.8 Å². The lowest BCUT2D eigenvalue weighted by atomic mass is 10.1. The minimum atomic E-state index is -0.903. The van der Waals surface area contributed by atoms with E-state index in [1.54, 1.807) is 7.11 Å². The lowest BCUT2D eigenvalue weighted by Gasteiger charge is -2.14. The van der Waals surface area contributed by atoms with Gasteiger partial charge in [-0.25, -0.2) is 0 Å². The third kappa shape index (κ3) is 8.19. The van der Waals surface area contributed by atoms with Crippen LogP contribution in [0.3, 0.4) is 0 Å². The Balaban J connectivity index is 3.70. The van der Waals surface area contributed by atoms with Crippen LogP contribution in [0, 0.1) is 0 Å². The number of ether oxygens (including phenoxy) is 1. The van der Waals surface area contributed by atoms with E-state index in [4.69, 9.17) is 9.84 Å². The minimum Gasteiger partial charge on any atom is -0.481 e. The Morgan fingerprint density at radius 3 is 2.62 bits per heavy atom. The second-order valence-electron chi connectivity index (χ2n) is 3.44. The van der Waals surface area contributed by atoms with Crippen molar-refractivity contribution in [2.75, 3.05) is 26.8 Å². The molecule has 0 aliphatic rings. The van der Waals surface area contributed by atoms with Crippen LogP contribution < -0.4 is 10.6 Å². The van der Waals surface area contributed by atoms with E-state index in [2.05, 4.69) is 10.6 Å². The van der Waals surface area contributed by atoms with Gasteiger partial charge >= 0.3 is 5.97 Å². The van der Waals surface area contributed by atoms with Crippen molar-refractivity contribution in [3.05, 3.63) is 0 Å². The Hall–Kier alpha value is -1.14. The molecule has 0 spiro atoms. The fourth-order valence-corrected chi connectivity index (χ4v) is 1.16. The number of rotatable bonds is 9. The summed E-state index contributed by atoms with van der Waals surface area (Å²) in [7, 11) is 1.59. The second-order valence-corrected chi connectivity index (χ2v) is 3.44. The third-order valence-corrected chi connectivity index (χ3v) is 2.05. The van der Waals surface area contributed by atoms with Crippen molar-refractivity contribution in [1.29, 1.82) is 0 Å². The molecule has 0 fully saturated rings. The van der Waals surface area contributed by atoms with E-state index < -0.39 is 5.97 Å². The fourth-order valence-electron chi connectivity index (χ4n) is 1.16. The van der Waals surface area contributed by atoms with Crippen LogP contribution in [0.2, 0.25) is 0 Å². The van der Waals surface area contributed by atoms with Gasteiger partial charge in [-0.2, -0.15) is 0 Å². The first-order chi connectivity index (χ1) is 7.60. The summed E-state index contributed by atoms with van der Waals surface area (Å²) in [6.45, 7) is 3.16. The highest BCUT2D eigenvalue weighted by molar-refractivity contribution is 5.79. The van der Waals surface area contributed by atoms with Gasteiger partial charge in [-0.05, 0) is 6.42 Å². The zero-order valence-electron chi connectivity index (χ0n) is 9.78. The average Bonchev–Trinajstić information content (AvgIpc) is 2.23. The molecule has 6 heteroatoms. The molecule has 0 bridgehead atoms. The van der Waals surface area contributed by atoms with E-state index in [1.807, 2.05) is 6.92 Å². The summed E-state index contributed by atoms with van der Waals surface area (Å²) >= 11 is 0. The van der Waals surface area contributed by atoms with Gasteiger partial charge in [0.1, 0.15) is 0 Å². The molecular formula is C10H20N2O4. The van der Waals surface area contributed by atoms with Crippen LogP contribution in [0.1, 0.15) is 19.8 Å². The molecule has 1 amide bonds. The lowest BCUT2D eigenvalue weighted by Crippen LogP contribution is -2.41. The molecular weight excluding hydrogens is 212 g/mol. The maximum atomic E-state index is 11.3. The minimum absolute atomic E-state index is 0.0414. The highest BCUT2D eigenvalue weighted by Gasteiger charge is 2.13. The standard InChI is InChI=1S/C10H20N2O4/c1-3-8(6-10(14)15)12-9(13)7-11-4-5-16-2/h8,11H,3-7H2,1-2H3,(H,12,13)(H,14,15). The van der Waals surface area contributed by atoms with E-state index in [1.165, 1.54) is 0 Å². The number of aliphatic carboxylic acids is 1. The summed E-state index contributed by atoms with van der Waals surface area (Å²) in [6, 6.07) is -0.297. The third-order valence-electron chi connectivity index (χ3n) is 2.05. The molecule has 6 nitrogen and oxygen atoms in total. The van der Waals surface area contributed by atoms with Crippen molar-refractivity contribution in [2.45, 2.75) is 25.8 Å². The number of carbonyl (C=O) groups excluding carboxylic acids is 1. The van der Waals surface area contributed by atoms with E-state index in [-0.39, 0.29) is 24.9 Å². The molecule has 0 heterocycles. The van der Waals surface area contributed by atoms with Crippen LogP contribution in [0.5, 0.6) is 0 Å². The van der Waals surface area contributed by atoms with Gasteiger partial charge in [0.2, 0.25) is 5.91 Å². The van der Waals surface area contributed by atoms with Crippen LogP contribution >= 0.6 is 0 Å².